The third kappa shape index (κ3) is 3.42. The van der Waals surface area contributed by atoms with Gasteiger partial charge in [-0.3, -0.25) is 9.59 Å². The van der Waals surface area contributed by atoms with E-state index < -0.39 is 46.6 Å². The van der Waals surface area contributed by atoms with Gasteiger partial charge in [0.25, 0.3) is 0 Å². The predicted molar refractivity (Wildman–Crippen MR) is 137 cm³/mol. The van der Waals surface area contributed by atoms with E-state index in [1.165, 1.54) is 13.8 Å². The number of hydrogen-bond acceptors (Lipinski definition) is 9. The Kier molecular flexibility index (Phi) is 6.65. The van der Waals surface area contributed by atoms with E-state index in [1.807, 2.05) is 12.3 Å². The van der Waals surface area contributed by atoms with Gasteiger partial charge in [-0.25, -0.2) is 0 Å². The number of methoxy groups -OCH3 is 1. The number of carbonyl (C=O) groups excluding carboxylic acids is 3. The molecule has 6 aliphatic rings. The summed E-state index contributed by atoms with van der Waals surface area (Å²) in [6.07, 6.45) is 8.59. The largest absolute Gasteiger partial charge is 0.459 e. The van der Waals surface area contributed by atoms with Crippen molar-refractivity contribution < 1.29 is 38.1 Å². The van der Waals surface area contributed by atoms with E-state index in [1.54, 1.807) is 25.8 Å². The summed E-state index contributed by atoms with van der Waals surface area (Å²) in [6, 6.07) is 0. The zero-order valence-corrected chi connectivity index (χ0v) is 23.6. The van der Waals surface area contributed by atoms with E-state index in [0.717, 1.165) is 44.0 Å². The highest BCUT2D eigenvalue weighted by Gasteiger charge is 2.82. The van der Waals surface area contributed by atoms with Crippen molar-refractivity contribution in [2.75, 3.05) is 19.3 Å². The van der Waals surface area contributed by atoms with E-state index in [0.29, 0.717) is 18.3 Å². The Morgan fingerprint density at radius 3 is 2.59 bits per heavy atom. The van der Waals surface area contributed by atoms with Gasteiger partial charge in [-0.15, -0.1) is 11.8 Å². The number of ether oxygens (including phenoxy) is 5. The average molecular weight is 537 g/mol. The second kappa shape index (κ2) is 9.07. The average Bonchev–Trinajstić information content (AvgIpc) is 3.17. The summed E-state index contributed by atoms with van der Waals surface area (Å²) in [5, 5.41) is 0. The molecule has 9 heteroatoms. The van der Waals surface area contributed by atoms with Gasteiger partial charge in [0.2, 0.25) is 0 Å². The minimum Gasteiger partial charge on any atom is -0.459 e. The molecule has 1 spiro atoms. The van der Waals surface area contributed by atoms with Gasteiger partial charge in [0.05, 0.1) is 17.0 Å². The predicted octanol–water partition coefficient (Wildman–Crippen LogP) is 4.19. The van der Waals surface area contributed by atoms with Gasteiger partial charge in [0.1, 0.15) is 24.1 Å². The van der Waals surface area contributed by atoms with Crippen LogP contribution in [0.3, 0.4) is 0 Å². The molecule has 37 heavy (non-hydrogen) atoms. The lowest BCUT2D eigenvalue weighted by Gasteiger charge is -2.75. The summed E-state index contributed by atoms with van der Waals surface area (Å²) in [6.45, 7) is 6.85. The molecule has 3 saturated carbocycles. The Bertz CT molecular complexity index is 1010. The van der Waals surface area contributed by atoms with Gasteiger partial charge in [-0.05, 0) is 50.4 Å². The van der Waals surface area contributed by atoms with Crippen LogP contribution >= 0.6 is 11.8 Å². The summed E-state index contributed by atoms with van der Waals surface area (Å²) >= 11 is 1.56. The van der Waals surface area contributed by atoms with Gasteiger partial charge >= 0.3 is 11.9 Å². The van der Waals surface area contributed by atoms with E-state index in [-0.39, 0.29) is 17.8 Å². The first-order valence-electron chi connectivity index (χ1n) is 13.4. The third-order valence-electron chi connectivity index (χ3n) is 10.6. The molecule has 2 saturated heterocycles. The molecule has 8 nitrogen and oxygen atoms in total. The zero-order chi connectivity index (χ0) is 26.9. The van der Waals surface area contributed by atoms with Crippen molar-refractivity contribution in [1.82, 2.24) is 0 Å². The van der Waals surface area contributed by atoms with Gasteiger partial charge in [0, 0.05) is 51.6 Å². The van der Waals surface area contributed by atoms with Crippen LogP contribution in [0.25, 0.3) is 0 Å². The van der Waals surface area contributed by atoms with Crippen molar-refractivity contribution in [2.45, 2.75) is 102 Å². The maximum atomic E-state index is 13.4. The van der Waals surface area contributed by atoms with Gasteiger partial charge in [0.15, 0.2) is 5.79 Å². The van der Waals surface area contributed by atoms with Crippen molar-refractivity contribution in [2.24, 2.45) is 22.7 Å². The SMILES string of the molecule is COC12CCC3(C)C(CCC4C5(OCSC)CC=C(C(C)OC(C)=O)C5(C=O)CC(OC(C)=O)C43O1)C2. The number of rotatable bonds is 8. The molecule has 0 aromatic rings. The molecular weight excluding hydrogens is 496 g/mol. The fourth-order valence-corrected chi connectivity index (χ4v) is 9.55. The molecule has 206 valence electrons. The van der Waals surface area contributed by atoms with Crippen LogP contribution in [-0.4, -0.2) is 66.7 Å². The smallest absolute Gasteiger partial charge is 0.303 e. The van der Waals surface area contributed by atoms with Crippen LogP contribution in [0.4, 0.5) is 0 Å². The summed E-state index contributed by atoms with van der Waals surface area (Å²) in [4.78, 5) is 37.9. The molecule has 4 bridgehead atoms. The molecule has 5 fully saturated rings. The van der Waals surface area contributed by atoms with E-state index >= 15 is 0 Å². The molecule has 6 rings (SSSR count). The first-order valence-corrected chi connectivity index (χ1v) is 14.8. The molecule has 0 amide bonds. The molecule has 2 heterocycles. The van der Waals surface area contributed by atoms with Crippen molar-refractivity contribution in [3.05, 3.63) is 11.6 Å². The summed E-state index contributed by atoms with van der Waals surface area (Å²) in [5.74, 6) is -1.05. The number of aldehydes is 1. The quantitative estimate of drug-likeness (QED) is 0.196. The molecule has 9 unspecified atom stereocenters. The van der Waals surface area contributed by atoms with Crippen LogP contribution in [0.5, 0.6) is 0 Å². The Labute approximate surface area is 223 Å². The van der Waals surface area contributed by atoms with Crippen molar-refractivity contribution >= 4 is 30.0 Å². The highest BCUT2D eigenvalue weighted by molar-refractivity contribution is 7.98. The molecule has 2 aliphatic heterocycles. The molecule has 0 N–H and O–H groups in total. The van der Waals surface area contributed by atoms with Crippen LogP contribution in [0.2, 0.25) is 0 Å². The van der Waals surface area contributed by atoms with Gasteiger partial charge in [-0.1, -0.05) is 13.0 Å². The lowest BCUT2D eigenvalue weighted by molar-refractivity contribution is -0.449. The van der Waals surface area contributed by atoms with Crippen LogP contribution in [0.1, 0.15) is 72.6 Å². The molecular formula is C28H40O8S. The highest BCUT2D eigenvalue weighted by Crippen LogP contribution is 2.76. The lowest BCUT2D eigenvalue weighted by atomic mass is 9.38. The van der Waals surface area contributed by atoms with Crippen molar-refractivity contribution in [3.63, 3.8) is 0 Å². The summed E-state index contributed by atoms with van der Waals surface area (Å²) < 4.78 is 31.8. The summed E-state index contributed by atoms with van der Waals surface area (Å²) in [7, 11) is 1.70. The van der Waals surface area contributed by atoms with Crippen LogP contribution in [0.15, 0.2) is 11.6 Å². The third-order valence-corrected chi connectivity index (χ3v) is 10.9. The van der Waals surface area contributed by atoms with Crippen LogP contribution < -0.4 is 0 Å². The maximum absolute atomic E-state index is 13.4. The Balaban J connectivity index is 1.72. The first-order chi connectivity index (χ1) is 17.5. The minimum atomic E-state index is -1.13. The van der Waals surface area contributed by atoms with E-state index in [4.69, 9.17) is 23.7 Å². The van der Waals surface area contributed by atoms with Crippen LogP contribution in [0, 0.1) is 22.7 Å². The van der Waals surface area contributed by atoms with Gasteiger partial charge in [-0.2, -0.15) is 0 Å². The number of thioether (sulfide) groups is 1. The lowest BCUT2D eigenvalue weighted by Crippen LogP contribution is -2.83. The van der Waals surface area contributed by atoms with Crippen molar-refractivity contribution in [1.29, 1.82) is 0 Å². The van der Waals surface area contributed by atoms with Gasteiger partial charge < -0.3 is 28.5 Å². The molecule has 4 aliphatic carbocycles. The van der Waals surface area contributed by atoms with E-state index in [9.17, 15) is 14.4 Å². The Morgan fingerprint density at radius 2 is 1.97 bits per heavy atom. The zero-order valence-electron chi connectivity index (χ0n) is 22.8. The maximum Gasteiger partial charge on any atom is 0.303 e. The molecule has 0 aromatic heterocycles. The number of carbonyl (C=O) groups is 3. The first kappa shape index (κ1) is 27.2. The molecule has 9 atom stereocenters. The fourth-order valence-electron chi connectivity index (χ4n) is 9.22. The fraction of sp³-hybridized carbons (Fsp3) is 0.821. The topological polar surface area (TPSA) is 97.4 Å². The van der Waals surface area contributed by atoms with Crippen LogP contribution in [-0.2, 0) is 38.1 Å². The highest BCUT2D eigenvalue weighted by atomic mass is 32.2. The second-order valence-corrected chi connectivity index (χ2v) is 12.7. The van der Waals surface area contributed by atoms with E-state index in [2.05, 4.69) is 6.92 Å². The monoisotopic (exact) mass is 536 g/mol. The minimum absolute atomic E-state index is 0.209. The molecule has 0 aromatic carbocycles. The molecule has 0 radical (unpaired) electrons. The summed E-state index contributed by atoms with van der Waals surface area (Å²) in [5.41, 5.74) is -2.46. The standard InChI is InChI=1S/C28H40O8S/c1-17(34-18(2)30)21-9-10-27(33-16-37-6)22-8-7-20-13-26(32-5)12-11-24(20,4)28(22,36-26)23(35-19(3)31)14-25(21,27)15-29/h9,15,17,20,22-23H,7-8,10-14,16H2,1-6H3. The Hall–Kier alpha value is -1.42. The second-order valence-electron chi connectivity index (χ2n) is 11.9. The van der Waals surface area contributed by atoms with Crippen molar-refractivity contribution in [3.8, 4) is 0 Å². The number of fused-ring (bicyclic) bond motifs is 3. The number of esters is 2. The number of hydrogen-bond donors (Lipinski definition) is 0. The Morgan fingerprint density at radius 1 is 1.22 bits per heavy atom. The normalized spacial score (nSPS) is 46.3.